The van der Waals surface area contributed by atoms with Crippen molar-refractivity contribution < 1.29 is 4.79 Å². The number of H-pyrrole nitrogens is 1. The third-order valence-electron chi connectivity index (χ3n) is 7.09. The molecule has 176 valence electrons. The molecular formula is C26H35N5O2. The lowest BCUT2D eigenvalue weighted by molar-refractivity contribution is -0.121. The summed E-state index contributed by atoms with van der Waals surface area (Å²) in [7, 11) is 1.82. The molecule has 1 atom stereocenters. The molecule has 3 aromatic rings. The number of aromatic nitrogens is 3. The van der Waals surface area contributed by atoms with Gasteiger partial charge >= 0.3 is 0 Å². The molecule has 0 aliphatic carbocycles. The minimum absolute atomic E-state index is 0.0249. The Hall–Kier alpha value is -2.93. The third-order valence-corrected chi connectivity index (χ3v) is 7.09. The number of benzene rings is 1. The maximum atomic E-state index is 12.8. The number of rotatable bonds is 7. The second-order valence-corrected chi connectivity index (χ2v) is 9.44. The normalized spacial score (nSPS) is 16.2. The largest absolute Gasteiger partial charge is 0.354 e. The van der Waals surface area contributed by atoms with Crippen LogP contribution in [0.1, 0.15) is 54.6 Å². The Labute approximate surface area is 195 Å². The van der Waals surface area contributed by atoms with Crippen LogP contribution in [-0.2, 0) is 18.3 Å². The van der Waals surface area contributed by atoms with Crippen LogP contribution in [0.4, 0.5) is 0 Å². The predicted molar refractivity (Wildman–Crippen MR) is 131 cm³/mol. The van der Waals surface area contributed by atoms with Gasteiger partial charge in [-0.1, -0.05) is 37.3 Å². The fourth-order valence-electron chi connectivity index (χ4n) is 5.07. The number of piperidine rings is 1. The Kier molecular flexibility index (Phi) is 6.98. The van der Waals surface area contributed by atoms with Gasteiger partial charge in [0.1, 0.15) is 5.65 Å². The molecular weight excluding hydrogens is 414 g/mol. The number of aryl methyl sites for hydroxylation is 3. The van der Waals surface area contributed by atoms with Gasteiger partial charge in [-0.15, -0.1) is 0 Å². The van der Waals surface area contributed by atoms with E-state index in [2.05, 4.69) is 51.5 Å². The molecule has 1 aliphatic rings. The van der Waals surface area contributed by atoms with Gasteiger partial charge in [-0.05, 0) is 63.2 Å². The van der Waals surface area contributed by atoms with E-state index in [9.17, 15) is 9.59 Å². The summed E-state index contributed by atoms with van der Waals surface area (Å²) in [5, 5.41) is 8.53. The van der Waals surface area contributed by atoms with E-state index in [4.69, 9.17) is 0 Å². The summed E-state index contributed by atoms with van der Waals surface area (Å²) >= 11 is 0. The summed E-state index contributed by atoms with van der Waals surface area (Å²) in [6, 6.07) is 10.6. The third kappa shape index (κ3) is 5.03. The topological polar surface area (TPSA) is 83.0 Å². The summed E-state index contributed by atoms with van der Waals surface area (Å²) in [5.41, 5.74) is 4.28. The van der Waals surface area contributed by atoms with Crippen molar-refractivity contribution in [1.29, 1.82) is 0 Å². The van der Waals surface area contributed by atoms with Gasteiger partial charge in [0.15, 0.2) is 0 Å². The van der Waals surface area contributed by atoms with E-state index in [-0.39, 0.29) is 23.9 Å². The summed E-state index contributed by atoms with van der Waals surface area (Å²) in [5.74, 6) is 0.734. The van der Waals surface area contributed by atoms with Crippen molar-refractivity contribution in [3.8, 4) is 0 Å². The van der Waals surface area contributed by atoms with Crippen molar-refractivity contribution in [1.82, 2.24) is 25.0 Å². The fourth-order valence-corrected chi connectivity index (χ4v) is 5.07. The number of carbonyl (C=O) groups is 1. The Morgan fingerprint density at radius 2 is 1.91 bits per heavy atom. The highest BCUT2D eigenvalue weighted by atomic mass is 16.1. The predicted octanol–water partition coefficient (Wildman–Crippen LogP) is 3.40. The maximum Gasteiger partial charge on any atom is 0.253 e. The zero-order chi connectivity index (χ0) is 23.5. The molecule has 0 spiro atoms. The van der Waals surface area contributed by atoms with Gasteiger partial charge in [0.2, 0.25) is 5.91 Å². The van der Waals surface area contributed by atoms with Crippen LogP contribution in [0.3, 0.4) is 0 Å². The van der Waals surface area contributed by atoms with E-state index in [1.165, 1.54) is 18.4 Å². The number of likely N-dealkylation sites (tertiary alicyclic amines) is 1. The van der Waals surface area contributed by atoms with Crippen LogP contribution in [0.5, 0.6) is 0 Å². The number of carbonyl (C=O) groups excluding carboxylic acids is 1. The molecule has 0 bridgehead atoms. The number of fused-ring (bicyclic) bond motifs is 1. The average molecular weight is 450 g/mol. The molecule has 33 heavy (non-hydrogen) atoms. The molecule has 1 aliphatic heterocycles. The molecule has 2 aromatic heterocycles. The van der Waals surface area contributed by atoms with Crippen LogP contribution >= 0.6 is 0 Å². The Morgan fingerprint density at radius 1 is 1.21 bits per heavy atom. The highest BCUT2D eigenvalue weighted by Gasteiger charge is 2.25. The van der Waals surface area contributed by atoms with E-state index in [0.29, 0.717) is 18.5 Å². The van der Waals surface area contributed by atoms with E-state index in [1.54, 1.807) is 4.68 Å². The first-order valence-corrected chi connectivity index (χ1v) is 12.0. The first kappa shape index (κ1) is 23.2. The van der Waals surface area contributed by atoms with Crippen LogP contribution in [0.2, 0.25) is 0 Å². The van der Waals surface area contributed by atoms with E-state index >= 15 is 0 Å². The number of aromatic amines is 1. The highest BCUT2D eigenvalue weighted by molar-refractivity contribution is 5.83. The second kappa shape index (κ2) is 9.91. The average Bonchev–Trinajstić information content (AvgIpc) is 3.08. The van der Waals surface area contributed by atoms with Crippen molar-refractivity contribution in [2.24, 2.45) is 13.0 Å². The smallest absolute Gasteiger partial charge is 0.253 e. The molecule has 1 unspecified atom stereocenters. The molecule has 1 amide bonds. The Morgan fingerprint density at radius 3 is 2.61 bits per heavy atom. The first-order valence-electron chi connectivity index (χ1n) is 12.0. The SMILES string of the molecule is Cc1nn(C)c2[nH]c(=O)c(CCC(=O)NCC(c3ccccc3)N3CCC(C)CC3)c(C)c12. The van der Waals surface area contributed by atoms with Gasteiger partial charge in [0, 0.05) is 31.0 Å². The highest BCUT2D eigenvalue weighted by Crippen LogP contribution is 2.26. The van der Waals surface area contributed by atoms with Crippen LogP contribution in [0.25, 0.3) is 11.0 Å². The van der Waals surface area contributed by atoms with Gasteiger partial charge < -0.3 is 10.3 Å². The fraction of sp³-hybridized carbons (Fsp3) is 0.500. The lowest BCUT2D eigenvalue weighted by atomic mass is 9.95. The van der Waals surface area contributed by atoms with Crippen LogP contribution in [-0.4, -0.2) is 45.2 Å². The number of pyridine rings is 1. The van der Waals surface area contributed by atoms with E-state index in [0.717, 1.165) is 41.3 Å². The van der Waals surface area contributed by atoms with Crippen LogP contribution in [0, 0.1) is 19.8 Å². The molecule has 1 saturated heterocycles. The van der Waals surface area contributed by atoms with Crippen LogP contribution < -0.4 is 10.9 Å². The van der Waals surface area contributed by atoms with E-state index in [1.807, 2.05) is 27.0 Å². The number of nitrogens with zero attached hydrogens (tertiary/aromatic N) is 3. The zero-order valence-corrected chi connectivity index (χ0v) is 20.1. The lowest BCUT2D eigenvalue weighted by Crippen LogP contribution is -2.42. The molecule has 1 fully saturated rings. The summed E-state index contributed by atoms with van der Waals surface area (Å²) in [6.45, 7) is 8.88. The molecule has 0 saturated carbocycles. The second-order valence-electron chi connectivity index (χ2n) is 9.44. The molecule has 0 radical (unpaired) electrons. The van der Waals surface area contributed by atoms with Gasteiger partial charge in [-0.3, -0.25) is 19.2 Å². The summed E-state index contributed by atoms with van der Waals surface area (Å²) in [6.07, 6.45) is 3.08. The number of amides is 1. The van der Waals surface area contributed by atoms with Gasteiger partial charge in [0.25, 0.3) is 5.56 Å². The Balaban J connectivity index is 1.43. The minimum Gasteiger partial charge on any atom is -0.354 e. The van der Waals surface area contributed by atoms with Crippen molar-refractivity contribution >= 4 is 16.9 Å². The van der Waals surface area contributed by atoms with Gasteiger partial charge in [-0.2, -0.15) is 5.10 Å². The van der Waals surface area contributed by atoms with Crippen molar-refractivity contribution in [3.63, 3.8) is 0 Å². The summed E-state index contributed by atoms with van der Waals surface area (Å²) < 4.78 is 1.70. The molecule has 2 N–H and O–H groups in total. The zero-order valence-electron chi connectivity index (χ0n) is 20.1. The summed E-state index contributed by atoms with van der Waals surface area (Å²) in [4.78, 5) is 30.9. The first-order chi connectivity index (χ1) is 15.8. The lowest BCUT2D eigenvalue weighted by Gasteiger charge is -2.37. The molecule has 3 heterocycles. The molecule has 4 rings (SSSR count). The van der Waals surface area contributed by atoms with Crippen molar-refractivity contribution in [2.75, 3.05) is 19.6 Å². The number of nitrogens with one attached hydrogen (secondary N) is 2. The van der Waals surface area contributed by atoms with Gasteiger partial charge in [0.05, 0.1) is 11.7 Å². The standard InChI is InChI=1S/C26H35N5O2/c1-17-12-14-31(15-13-17)22(20-8-6-5-7-9-20)16-27-23(32)11-10-21-18(2)24-19(3)29-30(4)25(24)28-26(21)33/h5-9,17,22H,10-16H2,1-4H3,(H,27,32)(H,28,33). The van der Waals surface area contributed by atoms with E-state index < -0.39 is 0 Å². The number of hydrogen-bond acceptors (Lipinski definition) is 4. The monoisotopic (exact) mass is 449 g/mol. The molecule has 1 aromatic carbocycles. The van der Waals surface area contributed by atoms with Crippen molar-refractivity contribution in [3.05, 3.63) is 63.1 Å². The minimum atomic E-state index is -0.139. The van der Waals surface area contributed by atoms with Gasteiger partial charge in [-0.25, -0.2) is 0 Å². The molecule has 7 heteroatoms. The number of hydrogen-bond donors (Lipinski definition) is 2. The molecule has 7 nitrogen and oxygen atoms in total. The van der Waals surface area contributed by atoms with Crippen LogP contribution in [0.15, 0.2) is 35.1 Å². The van der Waals surface area contributed by atoms with Crippen molar-refractivity contribution in [2.45, 2.75) is 52.5 Å². The quantitative estimate of drug-likeness (QED) is 0.579. The maximum absolute atomic E-state index is 12.8. The Bertz CT molecular complexity index is 1170.